The van der Waals surface area contributed by atoms with Gasteiger partial charge in [0.25, 0.3) is 0 Å². The van der Waals surface area contributed by atoms with Crippen LogP contribution >= 0.6 is 11.3 Å². The van der Waals surface area contributed by atoms with Crippen molar-refractivity contribution in [3.8, 4) is 5.75 Å². The molecule has 3 rings (SSSR count). The van der Waals surface area contributed by atoms with E-state index in [1.807, 2.05) is 41.8 Å². The van der Waals surface area contributed by atoms with E-state index in [0.29, 0.717) is 11.3 Å². The van der Waals surface area contributed by atoms with Gasteiger partial charge in [-0.1, -0.05) is 23.4 Å². The summed E-state index contributed by atoms with van der Waals surface area (Å²) in [5, 5.41) is 5.79. The van der Waals surface area contributed by atoms with Crippen LogP contribution in [0, 0.1) is 0 Å². The molecule has 100 valence electrons. The van der Waals surface area contributed by atoms with Gasteiger partial charge in [-0.05, 0) is 35.2 Å². The fourth-order valence-electron chi connectivity index (χ4n) is 1.87. The van der Waals surface area contributed by atoms with Gasteiger partial charge in [-0.3, -0.25) is 0 Å². The van der Waals surface area contributed by atoms with Gasteiger partial charge in [0.15, 0.2) is 0 Å². The zero-order valence-corrected chi connectivity index (χ0v) is 11.5. The van der Waals surface area contributed by atoms with Crippen molar-refractivity contribution in [3.63, 3.8) is 0 Å². The highest BCUT2D eigenvalue weighted by Crippen LogP contribution is 2.24. The first-order valence-corrected chi connectivity index (χ1v) is 6.85. The highest BCUT2D eigenvalue weighted by atomic mass is 32.1. The summed E-state index contributed by atoms with van der Waals surface area (Å²) in [6, 6.07) is 11.3. The van der Waals surface area contributed by atoms with E-state index in [0.717, 1.165) is 16.2 Å². The van der Waals surface area contributed by atoms with Gasteiger partial charge in [0.05, 0.1) is 17.6 Å². The normalized spacial score (nSPS) is 16.1. The molecule has 0 radical (unpaired) electrons. The maximum absolute atomic E-state index is 11.8. The first-order valence-electron chi connectivity index (χ1n) is 5.97. The van der Waals surface area contributed by atoms with E-state index in [2.05, 4.69) is 5.16 Å². The number of nitrogens with zero attached hydrogens (tertiary/aromatic N) is 1. The molecule has 0 aliphatic carbocycles. The molecule has 0 saturated heterocycles. The molecular weight excluding hydrogens is 274 g/mol. The van der Waals surface area contributed by atoms with E-state index in [4.69, 9.17) is 9.57 Å². The van der Waals surface area contributed by atoms with Crippen molar-refractivity contribution in [2.24, 2.45) is 5.16 Å². The molecule has 1 aromatic heterocycles. The third-order valence-corrected chi connectivity index (χ3v) is 3.75. The molecule has 0 N–H and O–H groups in total. The van der Waals surface area contributed by atoms with E-state index in [1.54, 1.807) is 13.2 Å². The predicted molar refractivity (Wildman–Crippen MR) is 77.9 cm³/mol. The highest BCUT2D eigenvalue weighted by Gasteiger charge is 2.27. The quantitative estimate of drug-likeness (QED) is 0.643. The van der Waals surface area contributed by atoms with Gasteiger partial charge in [-0.15, -0.1) is 11.3 Å². The monoisotopic (exact) mass is 285 g/mol. The number of carbonyl (C=O) groups excluding carboxylic acids is 1. The molecule has 1 aliphatic heterocycles. The Labute approximate surface area is 119 Å². The van der Waals surface area contributed by atoms with Gasteiger partial charge in [0.1, 0.15) is 11.5 Å². The lowest BCUT2D eigenvalue weighted by molar-refractivity contribution is -0.136. The molecule has 0 amide bonds. The molecule has 2 aromatic rings. The van der Waals surface area contributed by atoms with Crippen LogP contribution in [0.2, 0.25) is 0 Å². The molecule has 0 bridgehead atoms. The first-order chi connectivity index (χ1) is 9.78. The van der Waals surface area contributed by atoms with Crippen LogP contribution in [0.3, 0.4) is 0 Å². The van der Waals surface area contributed by atoms with Crippen molar-refractivity contribution in [2.75, 3.05) is 7.11 Å². The zero-order valence-electron chi connectivity index (χ0n) is 10.7. The maximum atomic E-state index is 11.8. The number of rotatable bonds is 3. The molecule has 2 heterocycles. The Bertz CT molecular complexity index is 684. The fourth-order valence-corrected chi connectivity index (χ4v) is 2.59. The molecule has 1 aliphatic rings. The number of hydrogen-bond donors (Lipinski definition) is 0. The SMILES string of the molecule is COc1ccc(/C=C2\C(=O)ON=C2c2cccs2)cc1. The number of benzene rings is 1. The van der Waals surface area contributed by atoms with Crippen molar-refractivity contribution in [2.45, 2.75) is 0 Å². The molecule has 1 aromatic carbocycles. The van der Waals surface area contributed by atoms with E-state index in [1.165, 1.54) is 11.3 Å². The van der Waals surface area contributed by atoms with E-state index >= 15 is 0 Å². The van der Waals surface area contributed by atoms with Crippen LogP contribution in [0.25, 0.3) is 6.08 Å². The second-order valence-corrected chi connectivity index (χ2v) is 5.07. The second-order valence-electron chi connectivity index (χ2n) is 4.13. The largest absolute Gasteiger partial charge is 0.497 e. The van der Waals surface area contributed by atoms with Gasteiger partial charge in [0.2, 0.25) is 0 Å². The Hall–Kier alpha value is -2.40. The summed E-state index contributed by atoms with van der Waals surface area (Å²) >= 11 is 1.52. The fraction of sp³-hybridized carbons (Fsp3) is 0.0667. The molecule has 0 saturated carbocycles. The molecule has 20 heavy (non-hydrogen) atoms. The summed E-state index contributed by atoms with van der Waals surface area (Å²) < 4.78 is 5.11. The number of hydrogen-bond acceptors (Lipinski definition) is 5. The zero-order chi connectivity index (χ0) is 13.9. The minimum Gasteiger partial charge on any atom is -0.497 e. The third kappa shape index (κ3) is 2.35. The van der Waals surface area contributed by atoms with Gasteiger partial charge in [-0.25, -0.2) is 4.79 Å². The van der Waals surface area contributed by atoms with Crippen LogP contribution in [0.5, 0.6) is 5.75 Å². The first kappa shape index (κ1) is 12.6. The Morgan fingerprint density at radius 1 is 1.25 bits per heavy atom. The Kier molecular flexibility index (Phi) is 3.35. The topological polar surface area (TPSA) is 47.9 Å². The molecule has 0 atom stereocenters. The number of oxime groups is 1. The van der Waals surface area contributed by atoms with Crippen LogP contribution in [-0.2, 0) is 9.63 Å². The lowest BCUT2D eigenvalue weighted by Gasteiger charge is -2.00. The van der Waals surface area contributed by atoms with E-state index in [9.17, 15) is 4.79 Å². The standard InChI is InChI=1S/C15H11NO3S/c1-18-11-6-4-10(5-7-11)9-12-14(16-19-15(12)17)13-3-2-8-20-13/h2-9H,1H3/b12-9-. The summed E-state index contributed by atoms with van der Waals surface area (Å²) in [6.07, 6.45) is 1.77. The van der Waals surface area contributed by atoms with Crippen LogP contribution < -0.4 is 4.74 Å². The molecular formula is C15H11NO3S. The van der Waals surface area contributed by atoms with Crippen LogP contribution in [0.15, 0.2) is 52.5 Å². The molecule has 0 spiro atoms. The van der Waals surface area contributed by atoms with Gasteiger partial charge in [-0.2, -0.15) is 0 Å². The van der Waals surface area contributed by atoms with E-state index in [-0.39, 0.29) is 0 Å². The summed E-state index contributed by atoms with van der Waals surface area (Å²) in [5.74, 6) is 0.345. The smallest absolute Gasteiger partial charge is 0.368 e. The van der Waals surface area contributed by atoms with Gasteiger partial charge >= 0.3 is 5.97 Å². The summed E-state index contributed by atoms with van der Waals surface area (Å²) in [6.45, 7) is 0. The van der Waals surface area contributed by atoms with Crippen LogP contribution in [0.1, 0.15) is 10.4 Å². The number of thiophene rings is 1. The summed E-state index contributed by atoms with van der Waals surface area (Å²) in [5.41, 5.74) is 1.95. The van der Waals surface area contributed by atoms with Crippen molar-refractivity contribution >= 4 is 29.1 Å². The van der Waals surface area contributed by atoms with E-state index < -0.39 is 5.97 Å². The molecule has 5 heteroatoms. The average molecular weight is 285 g/mol. The van der Waals surface area contributed by atoms with Crippen molar-refractivity contribution < 1.29 is 14.4 Å². The molecule has 4 nitrogen and oxygen atoms in total. The van der Waals surface area contributed by atoms with Crippen molar-refractivity contribution in [1.82, 2.24) is 0 Å². The second kappa shape index (κ2) is 5.30. The third-order valence-electron chi connectivity index (χ3n) is 2.88. The molecule has 0 fully saturated rings. The van der Waals surface area contributed by atoms with Crippen molar-refractivity contribution in [1.29, 1.82) is 0 Å². The lowest BCUT2D eigenvalue weighted by Crippen LogP contribution is -2.05. The lowest BCUT2D eigenvalue weighted by atomic mass is 10.1. The summed E-state index contributed by atoms with van der Waals surface area (Å²) in [7, 11) is 1.61. The number of ether oxygens (including phenoxy) is 1. The maximum Gasteiger partial charge on any atom is 0.368 e. The molecule has 0 unspecified atom stereocenters. The highest BCUT2D eigenvalue weighted by molar-refractivity contribution is 7.12. The van der Waals surface area contributed by atoms with Gasteiger partial charge in [0, 0.05) is 0 Å². The minimum atomic E-state index is -0.427. The number of methoxy groups -OCH3 is 1. The minimum absolute atomic E-state index is 0.427. The van der Waals surface area contributed by atoms with Crippen molar-refractivity contribution in [3.05, 3.63) is 57.8 Å². The van der Waals surface area contributed by atoms with Gasteiger partial charge < -0.3 is 9.57 Å². The average Bonchev–Trinajstić information content (AvgIpc) is 3.11. The number of carbonyl (C=O) groups is 1. The predicted octanol–water partition coefficient (Wildman–Crippen LogP) is 3.10. The Balaban J connectivity index is 1.95. The summed E-state index contributed by atoms with van der Waals surface area (Å²) in [4.78, 5) is 17.5. The van der Waals surface area contributed by atoms with Crippen LogP contribution in [0.4, 0.5) is 0 Å². The Morgan fingerprint density at radius 2 is 2.05 bits per heavy atom. The Morgan fingerprint density at radius 3 is 2.70 bits per heavy atom. The van der Waals surface area contributed by atoms with Crippen LogP contribution in [-0.4, -0.2) is 18.8 Å².